The molecule has 2 N–H and O–H groups in total. The lowest BCUT2D eigenvalue weighted by Gasteiger charge is -2.16. The molecular formula is C14H17N3O. The van der Waals surface area contributed by atoms with E-state index in [4.69, 9.17) is 0 Å². The molecule has 1 unspecified atom stereocenters. The molecule has 0 spiro atoms. The summed E-state index contributed by atoms with van der Waals surface area (Å²) < 4.78 is 1.83. The molecular weight excluding hydrogens is 226 g/mol. The minimum Gasteiger partial charge on any atom is -0.384 e. The predicted octanol–water partition coefficient (Wildman–Crippen LogP) is 1.95. The highest BCUT2D eigenvalue weighted by atomic mass is 16.3. The van der Waals surface area contributed by atoms with E-state index >= 15 is 0 Å². The quantitative estimate of drug-likeness (QED) is 0.866. The van der Waals surface area contributed by atoms with Crippen LogP contribution in [0, 0.1) is 0 Å². The van der Waals surface area contributed by atoms with Gasteiger partial charge < -0.3 is 10.4 Å². The van der Waals surface area contributed by atoms with Crippen LogP contribution in [0.3, 0.4) is 0 Å². The molecule has 4 nitrogen and oxygen atoms in total. The molecule has 2 aromatic rings. The number of anilines is 1. The lowest BCUT2D eigenvalue weighted by molar-refractivity contribution is 0.208. The maximum atomic E-state index is 10.6. The molecule has 1 atom stereocenters. The summed E-state index contributed by atoms with van der Waals surface area (Å²) in [5.74, 6) is 0. The molecule has 94 valence electrons. The molecule has 0 radical (unpaired) electrons. The van der Waals surface area contributed by atoms with Gasteiger partial charge in [-0.2, -0.15) is 5.10 Å². The molecule has 0 saturated carbocycles. The largest absolute Gasteiger partial charge is 0.384 e. The molecule has 1 aromatic carbocycles. The molecule has 0 fully saturated rings. The second kappa shape index (κ2) is 4.46. The van der Waals surface area contributed by atoms with Gasteiger partial charge in [0.25, 0.3) is 0 Å². The molecule has 0 aliphatic carbocycles. The van der Waals surface area contributed by atoms with Crippen LogP contribution in [-0.2, 0) is 13.0 Å². The average molecular weight is 243 g/mol. The monoisotopic (exact) mass is 243 g/mol. The molecule has 1 aliphatic rings. The second-order valence-corrected chi connectivity index (χ2v) is 4.53. The third-order valence-electron chi connectivity index (χ3n) is 3.50. The Hall–Kier alpha value is -1.81. The summed E-state index contributed by atoms with van der Waals surface area (Å²) in [7, 11) is 0. The fourth-order valence-electron chi connectivity index (χ4n) is 2.59. The van der Waals surface area contributed by atoms with Crippen molar-refractivity contribution in [3.8, 4) is 0 Å². The third-order valence-corrected chi connectivity index (χ3v) is 3.50. The van der Waals surface area contributed by atoms with Crippen molar-refractivity contribution in [2.45, 2.75) is 26.0 Å². The Morgan fingerprint density at radius 1 is 1.44 bits per heavy atom. The van der Waals surface area contributed by atoms with E-state index < -0.39 is 6.10 Å². The fourth-order valence-corrected chi connectivity index (χ4v) is 2.59. The summed E-state index contributed by atoms with van der Waals surface area (Å²) in [6.07, 6.45) is 2.15. The molecule has 2 heterocycles. The number of aliphatic hydroxyl groups is 1. The summed E-state index contributed by atoms with van der Waals surface area (Å²) in [6, 6.07) is 7.98. The molecule has 1 aliphatic heterocycles. The molecule has 4 heteroatoms. The van der Waals surface area contributed by atoms with Crippen molar-refractivity contribution in [3.05, 3.63) is 47.3 Å². The number of benzene rings is 1. The number of aliphatic hydroxyl groups excluding tert-OH is 1. The van der Waals surface area contributed by atoms with Crippen LogP contribution >= 0.6 is 0 Å². The summed E-state index contributed by atoms with van der Waals surface area (Å²) in [5.41, 5.74) is 4.17. The van der Waals surface area contributed by atoms with E-state index in [1.54, 1.807) is 6.20 Å². The summed E-state index contributed by atoms with van der Waals surface area (Å²) in [6.45, 7) is 3.74. The second-order valence-electron chi connectivity index (χ2n) is 4.53. The normalized spacial score (nSPS) is 15.2. The van der Waals surface area contributed by atoms with Crippen LogP contribution < -0.4 is 5.32 Å². The Kier molecular flexibility index (Phi) is 2.80. The maximum absolute atomic E-state index is 10.6. The van der Waals surface area contributed by atoms with Crippen LogP contribution in [-0.4, -0.2) is 21.4 Å². The zero-order chi connectivity index (χ0) is 12.5. The van der Waals surface area contributed by atoms with E-state index in [1.807, 2.05) is 29.8 Å². The van der Waals surface area contributed by atoms with Crippen molar-refractivity contribution in [1.82, 2.24) is 9.78 Å². The molecule has 3 rings (SSSR count). The van der Waals surface area contributed by atoms with Gasteiger partial charge >= 0.3 is 0 Å². The number of nitrogens with zero attached hydrogens (tertiary/aromatic N) is 2. The topological polar surface area (TPSA) is 50.1 Å². The summed E-state index contributed by atoms with van der Waals surface area (Å²) in [5, 5.41) is 18.1. The van der Waals surface area contributed by atoms with Crippen LogP contribution in [0.25, 0.3) is 0 Å². The minimum absolute atomic E-state index is 0.618. The molecule has 0 saturated heterocycles. The number of hydrogen-bond donors (Lipinski definition) is 2. The Balaban J connectivity index is 2.03. The number of fused-ring (bicyclic) bond motifs is 1. The molecule has 1 aromatic heterocycles. The van der Waals surface area contributed by atoms with Gasteiger partial charge in [0.15, 0.2) is 0 Å². The number of para-hydroxylation sites is 1. The van der Waals surface area contributed by atoms with Crippen molar-refractivity contribution < 1.29 is 5.11 Å². The van der Waals surface area contributed by atoms with Crippen LogP contribution in [0.15, 0.2) is 30.5 Å². The van der Waals surface area contributed by atoms with Crippen molar-refractivity contribution in [3.63, 3.8) is 0 Å². The van der Waals surface area contributed by atoms with E-state index in [2.05, 4.69) is 16.5 Å². The van der Waals surface area contributed by atoms with Gasteiger partial charge in [0.2, 0.25) is 0 Å². The number of rotatable bonds is 3. The van der Waals surface area contributed by atoms with Crippen LogP contribution in [0.1, 0.15) is 29.8 Å². The zero-order valence-electron chi connectivity index (χ0n) is 10.4. The van der Waals surface area contributed by atoms with Gasteiger partial charge in [-0.25, -0.2) is 0 Å². The van der Waals surface area contributed by atoms with Crippen LogP contribution in [0.5, 0.6) is 0 Å². The Morgan fingerprint density at radius 2 is 2.33 bits per heavy atom. The lowest BCUT2D eigenvalue weighted by Crippen LogP contribution is -2.10. The summed E-state index contributed by atoms with van der Waals surface area (Å²) in [4.78, 5) is 0. The van der Waals surface area contributed by atoms with E-state index in [1.165, 1.54) is 5.56 Å². The fraction of sp³-hybridized carbons (Fsp3) is 0.357. The number of nitrogens with one attached hydrogen (secondary N) is 1. The maximum Gasteiger partial charge on any atom is 0.123 e. The van der Waals surface area contributed by atoms with Gasteiger partial charge in [0.05, 0.1) is 5.69 Å². The van der Waals surface area contributed by atoms with Gasteiger partial charge in [-0.05, 0) is 25.0 Å². The van der Waals surface area contributed by atoms with E-state index in [-0.39, 0.29) is 0 Å². The molecule has 0 bridgehead atoms. The van der Waals surface area contributed by atoms with Crippen molar-refractivity contribution >= 4 is 5.69 Å². The summed E-state index contributed by atoms with van der Waals surface area (Å²) >= 11 is 0. The van der Waals surface area contributed by atoms with Crippen molar-refractivity contribution in [1.29, 1.82) is 0 Å². The number of aromatic nitrogens is 2. The van der Waals surface area contributed by atoms with Crippen molar-refractivity contribution in [2.75, 3.05) is 11.9 Å². The van der Waals surface area contributed by atoms with Gasteiger partial charge in [0, 0.05) is 30.5 Å². The predicted molar refractivity (Wildman–Crippen MR) is 70.6 cm³/mol. The van der Waals surface area contributed by atoms with Gasteiger partial charge in [-0.15, -0.1) is 0 Å². The first-order chi connectivity index (χ1) is 8.81. The Bertz CT molecular complexity index is 562. The van der Waals surface area contributed by atoms with E-state index in [9.17, 15) is 5.11 Å². The van der Waals surface area contributed by atoms with Gasteiger partial charge in [0.1, 0.15) is 6.10 Å². The van der Waals surface area contributed by atoms with E-state index in [0.29, 0.717) is 0 Å². The van der Waals surface area contributed by atoms with Gasteiger partial charge in [-0.1, -0.05) is 18.2 Å². The van der Waals surface area contributed by atoms with Crippen LogP contribution in [0.2, 0.25) is 0 Å². The van der Waals surface area contributed by atoms with Crippen molar-refractivity contribution in [2.24, 2.45) is 0 Å². The number of aryl methyl sites for hydroxylation is 1. The molecule has 0 amide bonds. The SMILES string of the molecule is CCn1nccc1C(O)c1cccc2c1NCC2. The standard InChI is InChI=1S/C14H17N3O/c1-2-17-12(7-9-16-17)14(18)11-5-3-4-10-6-8-15-13(10)11/h3-5,7,9,14-15,18H,2,6,8H2,1H3. The highest BCUT2D eigenvalue weighted by Crippen LogP contribution is 2.33. The Morgan fingerprint density at radius 3 is 3.17 bits per heavy atom. The first-order valence-corrected chi connectivity index (χ1v) is 6.36. The number of hydrogen-bond acceptors (Lipinski definition) is 3. The van der Waals surface area contributed by atoms with Crippen LogP contribution in [0.4, 0.5) is 5.69 Å². The first kappa shape index (κ1) is 11.3. The van der Waals surface area contributed by atoms with E-state index in [0.717, 1.165) is 36.5 Å². The Labute approximate surface area is 106 Å². The third kappa shape index (κ3) is 1.69. The lowest BCUT2D eigenvalue weighted by atomic mass is 10.0. The minimum atomic E-state index is -0.618. The zero-order valence-corrected chi connectivity index (χ0v) is 10.4. The smallest absolute Gasteiger partial charge is 0.123 e. The molecule has 18 heavy (non-hydrogen) atoms. The highest BCUT2D eigenvalue weighted by Gasteiger charge is 2.22. The first-order valence-electron chi connectivity index (χ1n) is 6.36. The van der Waals surface area contributed by atoms with Gasteiger partial charge in [-0.3, -0.25) is 4.68 Å². The average Bonchev–Trinajstić information content (AvgIpc) is 3.05. The highest BCUT2D eigenvalue weighted by molar-refractivity contribution is 5.62.